The fourth-order valence-electron chi connectivity index (χ4n) is 3.29. The predicted octanol–water partition coefficient (Wildman–Crippen LogP) is 1.56. The van der Waals surface area contributed by atoms with Crippen molar-refractivity contribution in [1.82, 2.24) is 9.97 Å². The maximum Gasteiger partial charge on any atom is 0.135 e. The molecule has 1 aromatic rings. The molecule has 0 bridgehead atoms. The van der Waals surface area contributed by atoms with Gasteiger partial charge in [0.1, 0.15) is 12.1 Å². The van der Waals surface area contributed by atoms with E-state index in [4.69, 9.17) is 5.11 Å². The van der Waals surface area contributed by atoms with E-state index in [1.807, 2.05) is 0 Å². The first-order chi connectivity index (χ1) is 8.88. The molecule has 0 spiro atoms. The van der Waals surface area contributed by atoms with Crippen LogP contribution < -0.4 is 4.90 Å². The number of anilines is 1. The highest BCUT2D eigenvalue weighted by Crippen LogP contribution is 2.31. The molecule has 1 atom stereocenters. The molecule has 1 aromatic heterocycles. The van der Waals surface area contributed by atoms with Crippen molar-refractivity contribution in [3.05, 3.63) is 17.6 Å². The van der Waals surface area contributed by atoms with Crippen molar-refractivity contribution in [3.8, 4) is 0 Å². The highest BCUT2D eigenvalue weighted by molar-refractivity contribution is 5.50. The Bertz CT molecular complexity index is 420. The van der Waals surface area contributed by atoms with Crippen LogP contribution in [-0.2, 0) is 12.8 Å². The third-order valence-electron chi connectivity index (χ3n) is 4.21. The number of rotatable bonds is 3. The van der Waals surface area contributed by atoms with Gasteiger partial charge in [-0.1, -0.05) is 0 Å². The molecule has 0 amide bonds. The molecule has 18 heavy (non-hydrogen) atoms. The number of aliphatic hydroxyl groups excluding tert-OH is 1. The summed E-state index contributed by atoms with van der Waals surface area (Å²) in [5.41, 5.74) is 2.63. The fourth-order valence-corrected chi connectivity index (χ4v) is 3.29. The molecule has 98 valence electrons. The van der Waals surface area contributed by atoms with Crippen LogP contribution in [0, 0.1) is 5.92 Å². The molecular formula is C14H21N3O. The second-order valence-corrected chi connectivity index (χ2v) is 5.44. The van der Waals surface area contributed by atoms with Gasteiger partial charge in [-0.25, -0.2) is 9.97 Å². The average Bonchev–Trinajstić information content (AvgIpc) is 2.87. The van der Waals surface area contributed by atoms with Crippen molar-refractivity contribution < 1.29 is 5.11 Å². The zero-order valence-corrected chi connectivity index (χ0v) is 10.8. The van der Waals surface area contributed by atoms with Crippen molar-refractivity contribution in [2.24, 2.45) is 5.92 Å². The van der Waals surface area contributed by atoms with Crippen LogP contribution in [0.3, 0.4) is 0 Å². The van der Waals surface area contributed by atoms with Crippen LogP contribution in [0.2, 0.25) is 0 Å². The van der Waals surface area contributed by atoms with Crippen LogP contribution in [-0.4, -0.2) is 34.8 Å². The van der Waals surface area contributed by atoms with Crippen LogP contribution in [0.4, 0.5) is 5.82 Å². The second-order valence-electron chi connectivity index (χ2n) is 5.44. The smallest absolute Gasteiger partial charge is 0.135 e. The first-order valence-electron chi connectivity index (χ1n) is 7.07. The van der Waals surface area contributed by atoms with E-state index in [2.05, 4.69) is 14.9 Å². The SMILES string of the molecule is OCCC1CCCN(c2ncnc3c2CCC3)C1. The summed E-state index contributed by atoms with van der Waals surface area (Å²) in [6.07, 6.45) is 8.55. The number of nitrogens with zero attached hydrogens (tertiary/aromatic N) is 3. The minimum absolute atomic E-state index is 0.306. The van der Waals surface area contributed by atoms with Crippen LogP contribution in [0.25, 0.3) is 0 Å². The van der Waals surface area contributed by atoms with E-state index >= 15 is 0 Å². The van der Waals surface area contributed by atoms with Crippen molar-refractivity contribution in [1.29, 1.82) is 0 Å². The zero-order valence-electron chi connectivity index (χ0n) is 10.8. The Balaban J connectivity index is 1.80. The van der Waals surface area contributed by atoms with Crippen molar-refractivity contribution in [2.75, 3.05) is 24.6 Å². The van der Waals surface area contributed by atoms with E-state index in [1.54, 1.807) is 6.33 Å². The Labute approximate surface area is 108 Å². The van der Waals surface area contributed by atoms with Gasteiger partial charge in [-0.15, -0.1) is 0 Å². The third-order valence-corrected chi connectivity index (χ3v) is 4.21. The normalized spacial score (nSPS) is 23.2. The first kappa shape index (κ1) is 11.9. The molecule has 1 N–H and O–H groups in total. The number of hydrogen-bond acceptors (Lipinski definition) is 4. The van der Waals surface area contributed by atoms with Crippen LogP contribution in [0.5, 0.6) is 0 Å². The van der Waals surface area contributed by atoms with Crippen molar-refractivity contribution >= 4 is 5.82 Å². The Kier molecular flexibility index (Phi) is 3.46. The van der Waals surface area contributed by atoms with E-state index in [-0.39, 0.29) is 0 Å². The lowest BCUT2D eigenvalue weighted by Crippen LogP contribution is -2.37. The summed E-state index contributed by atoms with van der Waals surface area (Å²) in [6, 6.07) is 0. The van der Waals surface area contributed by atoms with Gasteiger partial charge in [0.15, 0.2) is 0 Å². The zero-order chi connectivity index (χ0) is 12.4. The molecule has 0 aromatic carbocycles. The molecule has 1 saturated heterocycles. The summed E-state index contributed by atoms with van der Waals surface area (Å²) in [6.45, 7) is 2.45. The lowest BCUT2D eigenvalue weighted by atomic mass is 9.95. The van der Waals surface area contributed by atoms with E-state index in [9.17, 15) is 0 Å². The summed E-state index contributed by atoms with van der Waals surface area (Å²) in [5, 5.41) is 9.09. The Hall–Kier alpha value is -1.16. The summed E-state index contributed by atoms with van der Waals surface area (Å²) in [5.74, 6) is 1.79. The minimum atomic E-state index is 0.306. The summed E-state index contributed by atoms with van der Waals surface area (Å²) in [7, 11) is 0. The van der Waals surface area contributed by atoms with E-state index in [0.29, 0.717) is 12.5 Å². The Morgan fingerprint density at radius 3 is 3.11 bits per heavy atom. The van der Waals surface area contributed by atoms with Crippen molar-refractivity contribution in [2.45, 2.75) is 38.5 Å². The monoisotopic (exact) mass is 247 g/mol. The van der Waals surface area contributed by atoms with Crippen LogP contribution in [0.15, 0.2) is 6.33 Å². The number of piperidine rings is 1. The molecule has 1 aliphatic heterocycles. The van der Waals surface area contributed by atoms with Gasteiger partial charge in [0.25, 0.3) is 0 Å². The van der Waals surface area contributed by atoms with Gasteiger partial charge in [0.05, 0.1) is 0 Å². The van der Waals surface area contributed by atoms with Crippen LogP contribution >= 0.6 is 0 Å². The fraction of sp³-hybridized carbons (Fsp3) is 0.714. The van der Waals surface area contributed by atoms with E-state index in [1.165, 1.54) is 36.3 Å². The highest BCUT2D eigenvalue weighted by atomic mass is 16.3. The molecular weight excluding hydrogens is 226 g/mol. The number of aliphatic hydroxyl groups is 1. The maximum atomic E-state index is 9.09. The summed E-state index contributed by atoms with van der Waals surface area (Å²) in [4.78, 5) is 11.3. The largest absolute Gasteiger partial charge is 0.396 e. The third kappa shape index (κ3) is 2.21. The van der Waals surface area contributed by atoms with Crippen molar-refractivity contribution in [3.63, 3.8) is 0 Å². The average molecular weight is 247 g/mol. The van der Waals surface area contributed by atoms with Crippen LogP contribution in [0.1, 0.15) is 36.9 Å². The molecule has 2 aliphatic rings. The number of fused-ring (bicyclic) bond motifs is 1. The standard InChI is InChI=1S/C14H21N3O/c18-8-6-11-3-2-7-17(9-11)14-12-4-1-5-13(12)15-10-16-14/h10-11,18H,1-9H2. The highest BCUT2D eigenvalue weighted by Gasteiger charge is 2.25. The van der Waals surface area contributed by atoms with Gasteiger partial charge in [0.2, 0.25) is 0 Å². The van der Waals surface area contributed by atoms with Gasteiger partial charge >= 0.3 is 0 Å². The number of aryl methyl sites for hydroxylation is 1. The predicted molar refractivity (Wildman–Crippen MR) is 70.7 cm³/mol. The maximum absolute atomic E-state index is 9.09. The molecule has 0 radical (unpaired) electrons. The second kappa shape index (κ2) is 5.22. The molecule has 1 fully saturated rings. The lowest BCUT2D eigenvalue weighted by Gasteiger charge is -2.34. The topological polar surface area (TPSA) is 49.2 Å². The summed E-state index contributed by atoms with van der Waals surface area (Å²) < 4.78 is 0. The Morgan fingerprint density at radius 2 is 2.22 bits per heavy atom. The molecule has 1 aliphatic carbocycles. The van der Waals surface area contributed by atoms with Gasteiger partial charge in [0, 0.05) is 31.0 Å². The van der Waals surface area contributed by atoms with Gasteiger partial charge < -0.3 is 10.0 Å². The van der Waals surface area contributed by atoms with E-state index in [0.717, 1.165) is 32.4 Å². The Morgan fingerprint density at radius 1 is 1.28 bits per heavy atom. The quantitative estimate of drug-likeness (QED) is 0.880. The lowest BCUT2D eigenvalue weighted by molar-refractivity contribution is 0.244. The molecule has 0 saturated carbocycles. The molecule has 4 nitrogen and oxygen atoms in total. The number of aromatic nitrogens is 2. The number of hydrogen-bond donors (Lipinski definition) is 1. The van der Waals surface area contributed by atoms with Gasteiger partial charge in [-0.2, -0.15) is 0 Å². The molecule has 4 heteroatoms. The molecule has 2 heterocycles. The first-order valence-corrected chi connectivity index (χ1v) is 7.07. The molecule has 3 rings (SSSR count). The summed E-state index contributed by atoms with van der Waals surface area (Å²) >= 11 is 0. The molecule has 1 unspecified atom stereocenters. The van der Waals surface area contributed by atoms with Gasteiger partial charge in [-0.3, -0.25) is 0 Å². The minimum Gasteiger partial charge on any atom is -0.396 e. The van der Waals surface area contributed by atoms with Gasteiger partial charge in [-0.05, 0) is 44.4 Å². The van der Waals surface area contributed by atoms with E-state index < -0.39 is 0 Å².